The van der Waals surface area contributed by atoms with Gasteiger partial charge in [-0.3, -0.25) is 4.79 Å². The molecular weight excluding hydrogens is 1970 g/mol. The fourth-order valence-corrected chi connectivity index (χ4v) is 18.5. The predicted octanol–water partition coefficient (Wildman–Crippen LogP) is 15.3. The molecule has 1 atom stereocenters. The minimum absolute atomic E-state index is 0.151. The van der Waals surface area contributed by atoms with E-state index in [4.69, 9.17) is 33.8 Å². The molecule has 0 spiro atoms. The number of morpholine rings is 1. The van der Waals surface area contributed by atoms with E-state index in [9.17, 15) is 30.2 Å². The largest absolute Gasteiger partial charge is 0.496 e. The van der Waals surface area contributed by atoms with Gasteiger partial charge < -0.3 is 68.0 Å². The van der Waals surface area contributed by atoms with Crippen LogP contribution in [0.1, 0.15) is 110 Å². The normalized spacial score (nSPS) is 16.3. The van der Waals surface area contributed by atoms with Crippen LogP contribution in [-0.4, -0.2) is 252 Å². The third kappa shape index (κ3) is 23.0. The van der Waals surface area contributed by atoms with Crippen molar-refractivity contribution < 1.29 is 37.9 Å². The SMILES string of the molecule is CC(C)(C)OC(=O)N1CCN(c2ccc(-c3cc(Br)cn4ncc(C#N)c34)cn2)CC1.CC(C)(C)OC(=O)N1CCN(c2ccc(B3OC(C)(C)C(C)(C)O3)cn2)CC1.C[C@@H](C(=O)N1CCN(c2ccc(-c3cc(N4CCOCC4)cn4ncc(C#N)c34)cn2)CC1)c1ccccc1.N#Cc1cnn2cc(Br)cc(-c3ccc(N4CCNCC4)nc3)c12.N#Cc1cnn2cc(Br)cc(Br)c12. The summed E-state index contributed by atoms with van der Waals surface area (Å²) in [5.41, 5.74) is 12.2. The van der Waals surface area contributed by atoms with E-state index in [2.05, 4.69) is 171 Å². The maximum Gasteiger partial charge on any atom is 0.496 e. The molecule has 6 saturated heterocycles. The van der Waals surface area contributed by atoms with Gasteiger partial charge >= 0.3 is 19.3 Å². The Balaban J connectivity index is 0.000000133. The molecule has 6 fully saturated rings. The molecule has 0 saturated carbocycles. The van der Waals surface area contributed by atoms with Crippen molar-refractivity contribution in [2.75, 3.05) is 156 Å². The van der Waals surface area contributed by atoms with Gasteiger partial charge in [0.1, 0.15) is 58.8 Å². The molecule has 696 valence electrons. The molecule has 38 heteroatoms. The minimum Gasteiger partial charge on any atom is -0.444 e. The summed E-state index contributed by atoms with van der Waals surface area (Å²) in [4.78, 5) is 72.7. The quantitative estimate of drug-likeness (QED) is 0.118. The van der Waals surface area contributed by atoms with Gasteiger partial charge in [-0.1, -0.05) is 36.4 Å². The number of ether oxygens (including phenoxy) is 3. The molecule has 12 aromatic heterocycles. The van der Waals surface area contributed by atoms with Crippen molar-refractivity contribution in [3.05, 3.63) is 223 Å². The number of hydrogen-bond donors (Lipinski definition) is 1. The zero-order chi connectivity index (χ0) is 95.6. The summed E-state index contributed by atoms with van der Waals surface area (Å²) < 4.78 is 39.0. The summed E-state index contributed by atoms with van der Waals surface area (Å²) in [5, 5.41) is 57.6. The summed E-state index contributed by atoms with van der Waals surface area (Å²) in [6, 6.07) is 42.8. The van der Waals surface area contributed by atoms with E-state index in [-0.39, 0.29) is 35.2 Å². The van der Waals surface area contributed by atoms with Crippen LogP contribution < -0.4 is 35.3 Å². The molecule has 0 radical (unpaired) electrons. The molecular formula is C97H104BBr4N25O8. The summed E-state index contributed by atoms with van der Waals surface area (Å²) in [5.74, 6) is 3.64. The van der Waals surface area contributed by atoms with E-state index < -0.39 is 18.3 Å². The van der Waals surface area contributed by atoms with Crippen molar-refractivity contribution in [3.8, 4) is 57.7 Å². The van der Waals surface area contributed by atoms with Crippen molar-refractivity contribution in [3.63, 3.8) is 0 Å². The maximum absolute atomic E-state index is 13.1. The highest BCUT2D eigenvalue weighted by atomic mass is 79.9. The maximum atomic E-state index is 13.1. The number of benzene rings is 1. The Kier molecular flexibility index (Phi) is 30.2. The van der Waals surface area contributed by atoms with E-state index in [1.165, 1.54) is 0 Å². The average Bonchev–Trinajstić information content (AvgIpc) is 1.63. The fraction of sp³-hybridized carbons (Fsp3) is 0.371. The molecule has 135 heavy (non-hydrogen) atoms. The monoisotopic (exact) mass is 2070 g/mol. The number of piperazine rings is 4. The molecule has 19 rings (SSSR count). The first-order valence-corrected chi connectivity index (χ1v) is 47.7. The molecule has 13 aromatic rings. The number of pyridine rings is 8. The smallest absolute Gasteiger partial charge is 0.444 e. The summed E-state index contributed by atoms with van der Waals surface area (Å²) >= 11 is 13.7. The topological polar surface area (TPSA) is 351 Å². The lowest BCUT2D eigenvalue weighted by molar-refractivity contribution is -0.132. The van der Waals surface area contributed by atoms with Crippen LogP contribution in [-0.2, 0) is 28.3 Å². The third-order valence-corrected chi connectivity index (χ3v) is 26.1. The van der Waals surface area contributed by atoms with Crippen LogP contribution in [0.3, 0.4) is 0 Å². The average molecular weight is 2080 g/mol. The number of amides is 3. The van der Waals surface area contributed by atoms with Crippen LogP contribution in [0.5, 0.6) is 0 Å². The van der Waals surface area contributed by atoms with Crippen LogP contribution >= 0.6 is 63.7 Å². The molecule has 33 nitrogen and oxygen atoms in total. The van der Waals surface area contributed by atoms with Gasteiger partial charge in [0, 0.05) is 218 Å². The van der Waals surface area contributed by atoms with Crippen molar-refractivity contribution in [1.82, 2.24) is 78.4 Å². The van der Waals surface area contributed by atoms with Crippen LogP contribution in [0.15, 0.2) is 195 Å². The molecule has 1 aromatic carbocycles. The van der Waals surface area contributed by atoms with E-state index in [0.717, 1.165) is 179 Å². The van der Waals surface area contributed by atoms with Gasteiger partial charge in [0.15, 0.2) is 0 Å². The summed E-state index contributed by atoms with van der Waals surface area (Å²) in [6.45, 7) is 36.4. The number of nitriles is 4. The summed E-state index contributed by atoms with van der Waals surface area (Å²) in [7, 11) is -0.407. The van der Waals surface area contributed by atoms with Gasteiger partial charge in [-0.05, 0) is 212 Å². The Morgan fingerprint density at radius 3 is 1.18 bits per heavy atom. The van der Waals surface area contributed by atoms with E-state index >= 15 is 0 Å². The number of rotatable bonds is 11. The van der Waals surface area contributed by atoms with Crippen LogP contribution in [0.2, 0.25) is 0 Å². The van der Waals surface area contributed by atoms with Crippen molar-refractivity contribution in [2.24, 2.45) is 0 Å². The Morgan fingerprint density at radius 2 is 0.793 bits per heavy atom. The van der Waals surface area contributed by atoms with E-state index in [1.807, 2.05) is 209 Å². The van der Waals surface area contributed by atoms with Gasteiger partial charge in [-0.2, -0.15) is 41.4 Å². The molecule has 1 N–H and O–H groups in total. The van der Waals surface area contributed by atoms with Crippen molar-refractivity contribution >= 4 is 145 Å². The number of halogens is 4. The van der Waals surface area contributed by atoms with Gasteiger partial charge in [0.05, 0.1) is 111 Å². The Labute approximate surface area is 817 Å². The zero-order valence-corrected chi connectivity index (χ0v) is 83.4. The van der Waals surface area contributed by atoms with Gasteiger partial charge in [-0.25, -0.2) is 47.6 Å². The molecule has 0 aliphatic carbocycles. The molecule has 6 aliphatic rings. The lowest BCUT2D eigenvalue weighted by atomic mass is 9.80. The highest BCUT2D eigenvalue weighted by Gasteiger charge is 2.52. The third-order valence-electron chi connectivity index (χ3n) is 24.2. The first-order valence-electron chi connectivity index (χ1n) is 44.5. The second-order valence-corrected chi connectivity index (χ2v) is 39.7. The number of aromatic nitrogens is 12. The lowest BCUT2D eigenvalue weighted by Crippen LogP contribution is -2.50. The van der Waals surface area contributed by atoms with Gasteiger partial charge in [-0.15, -0.1) is 0 Å². The fourth-order valence-electron chi connectivity index (χ4n) is 16.3. The number of carbonyl (C=O) groups excluding carboxylic acids is 3. The van der Waals surface area contributed by atoms with Crippen molar-refractivity contribution in [2.45, 2.75) is 104 Å². The van der Waals surface area contributed by atoms with Gasteiger partial charge in [0.2, 0.25) is 5.91 Å². The zero-order valence-electron chi connectivity index (χ0n) is 77.1. The Hall–Kier alpha value is -12.6. The predicted molar refractivity (Wildman–Crippen MR) is 532 cm³/mol. The molecule has 3 amide bonds. The minimum atomic E-state index is -0.496. The first kappa shape index (κ1) is 96.9. The van der Waals surface area contributed by atoms with Crippen LogP contribution in [0, 0.1) is 45.3 Å². The van der Waals surface area contributed by atoms with Crippen LogP contribution in [0.4, 0.5) is 38.5 Å². The highest BCUT2D eigenvalue weighted by molar-refractivity contribution is 9.11. The highest BCUT2D eigenvalue weighted by Crippen LogP contribution is 2.39. The summed E-state index contributed by atoms with van der Waals surface area (Å²) in [6.07, 6.45) is 20.6. The molecule has 0 unspecified atom stereocenters. The van der Waals surface area contributed by atoms with E-state index in [1.54, 1.807) is 58.8 Å². The standard InChI is InChI=1S/C30H31N7O2.C22H23BrN6O2.C20H32BN3O4.C17H15BrN6.C8H3Br2N3/c1-22(23-5-3-2-4-6-23)30(38)36-11-9-35(10-12-36)28-8-7-24(19-32-28)27-17-26(34-13-15-39-16-14-34)21-37-29(27)25(18-31)20-33-37;1-22(2,3)31-21(30)28-8-6-27(7-9-28)19-5-4-15(12-25-19)18-10-17(23)14-29-20(18)16(11-24)13-26-29;1-18(2,3)26-17(25)24-12-10-23(11-13-24)16-9-8-15(14-22-16)21-27-19(4,5)20(6,7)28-21;18-14-7-15(17-13(8-19)10-22-24(17)11-14)12-1-2-16(21-9-12)23-5-3-20-4-6-23;9-6-1-7(10)8-5(2-11)3-12-13(8)4-6/h2-8,17,19-22H,9-16H2,1H3;4-5,10,12-14H,6-9H2,1-3H3;8-9,14H,10-13H2,1-7H3;1-2,7,9-11,20H,3-6H2;1,3-4H/t22-;;;;/m1..../s1. The second kappa shape index (κ2) is 42.1. The number of carbonyl (C=O) groups is 3. The lowest BCUT2D eigenvalue weighted by Gasteiger charge is -2.36. The Morgan fingerprint density at radius 1 is 0.430 bits per heavy atom. The second-order valence-electron chi connectivity index (χ2n) is 36.1. The Bertz CT molecular complexity index is 6570. The van der Waals surface area contributed by atoms with Crippen molar-refractivity contribution in [1.29, 1.82) is 21.0 Å². The van der Waals surface area contributed by atoms with Gasteiger partial charge in [0.25, 0.3) is 0 Å². The first-order chi connectivity index (χ1) is 64.7. The number of hydrogen-bond acceptors (Lipinski definition) is 26. The molecule has 18 heterocycles. The van der Waals surface area contributed by atoms with E-state index in [0.29, 0.717) is 87.8 Å². The number of fused-ring (bicyclic) bond motifs is 4. The molecule has 6 aliphatic heterocycles. The number of nitrogens with zero attached hydrogens (tertiary/aromatic N) is 24. The number of nitrogens with one attached hydrogen (secondary N) is 1. The van der Waals surface area contributed by atoms with Crippen LogP contribution in [0.25, 0.3) is 55.4 Å². The molecule has 0 bridgehead atoms. The number of anilines is 5.